The number of benzene rings is 1. The third-order valence-corrected chi connectivity index (χ3v) is 3.83. The Morgan fingerprint density at radius 3 is 3.04 bits per heavy atom. The number of para-hydroxylation sites is 2. The first kappa shape index (κ1) is 15.1. The van der Waals surface area contributed by atoms with E-state index in [0.717, 1.165) is 11.0 Å². The number of amides is 1. The lowest BCUT2D eigenvalue weighted by Crippen LogP contribution is -2.27. The zero-order valence-electron chi connectivity index (χ0n) is 13.4. The first-order valence-electron chi connectivity index (χ1n) is 7.91. The van der Waals surface area contributed by atoms with Crippen molar-refractivity contribution in [2.75, 3.05) is 6.54 Å². The van der Waals surface area contributed by atoms with Gasteiger partial charge in [-0.2, -0.15) is 5.10 Å². The number of imidazole rings is 1. The Labute approximate surface area is 143 Å². The van der Waals surface area contributed by atoms with Crippen LogP contribution in [0.15, 0.2) is 59.6 Å². The molecule has 0 aliphatic heterocycles. The van der Waals surface area contributed by atoms with Crippen molar-refractivity contribution >= 4 is 16.9 Å². The molecule has 25 heavy (non-hydrogen) atoms. The number of nitrogens with zero attached hydrogens (tertiary/aromatic N) is 5. The summed E-state index contributed by atoms with van der Waals surface area (Å²) < 4.78 is 8.99. The van der Waals surface area contributed by atoms with Gasteiger partial charge in [0.1, 0.15) is 0 Å². The van der Waals surface area contributed by atoms with E-state index in [9.17, 15) is 4.79 Å². The quantitative estimate of drug-likeness (QED) is 0.579. The first-order valence-corrected chi connectivity index (χ1v) is 7.91. The van der Waals surface area contributed by atoms with Gasteiger partial charge in [-0.15, -0.1) is 0 Å². The lowest BCUT2D eigenvalue weighted by molar-refractivity contribution is 0.0943. The number of hydrogen-bond donors (Lipinski definition) is 1. The Bertz CT molecular complexity index is 986. The van der Waals surface area contributed by atoms with E-state index in [-0.39, 0.29) is 11.6 Å². The van der Waals surface area contributed by atoms with E-state index in [0.29, 0.717) is 25.4 Å². The van der Waals surface area contributed by atoms with E-state index >= 15 is 0 Å². The summed E-state index contributed by atoms with van der Waals surface area (Å²) in [7, 11) is 0. The minimum absolute atomic E-state index is 0.264. The second kappa shape index (κ2) is 6.60. The van der Waals surface area contributed by atoms with Crippen LogP contribution in [0.5, 0.6) is 0 Å². The van der Waals surface area contributed by atoms with E-state index in [2.05, 4.69) is 20.6 Å². The van der Waals surface area contributed by atoms with Crippen molar-refractivity contribution in [1.82, 2.24) is 29.8 Å². The summed E-state index contributed by atoms with van der Waals surface area (Å²) in [5.41, 5.74) is 2.18. The lowest BCUT2D eigenvalue weighted by atomic mass is 10.3. The van der Waals surface area contributed by atoms with E-state index in [1.807, 2.05) is 41.1 Å². The zero-order valence-corrected chi connectivity index (χ0v) is 13.4. The second-order valence-electron chi connectivity index (χ2n) is 5.56. The van der Waals surface area contributed by atoms with Gasteiger partial charge in [-0.05, 0) is 18.2 Å². The van der Waals surface area contributed by atoms with Crippen LogP contribution in [0.4, 0.5) is 0 Å². The van der Waals surface area contributed by atoms with E-state index < -0.39 is 0 Å². The summed E-state index contributed by atoms with van der Waals surface area (Å²) in [6, 6.07) is 11.3. The molecular formula is C17H16N6O2. The Balaban J connectivity index is 1.38. The summed E-state index contributed by atoms with van der Waals surface area (Å²) in [4.78, 5) is 16.5. The van der Waals surface area contributed by atoms with Gasteiger partial charge in [0.25, 0.3) is 5.91 Å². The van der Waals surface area contributed by atoms with Crippen molar-refractivity contribution in [2.24, 2.45) is 0 Å². The van der Waals surface area contributed by atoms with Crippen molar-refractivity contribution < 1.29 is 9.32 Å². The second-order valence-corrected chi connectivity index (χ2v) is 5.56. The Hall–Kier alpha value is -3.42. The molecule has 1 amide bonds. The fraction of sp³-hybridized carbons (Fsp3) is 0.176. The van der Waals surface area contributed by atoms with Crippen LogP contribution in [0.3, 0.4) is 0 Å². The van der Waals surface area contributed by atoms with Crippen LogP contribution in [0, 0.1) is 0 Å². The van der Waals surface area contributed by atoms with Gasteiger partial charge in [-0.1, -0.05) is 17.3 Å². The van der Waals surface area contributed by atoms with Crippen molar-refractivity contribution in [2.45, 2.75) is 13.1 Å². The van der Waals surface area contributed by atoms with Crippen molar-refractivity contribution in [3.8, 4) is 0 Å². The van der Waals surface area contributed by atoms with Gasteiger partial charge in [-0.3, -0.25) is 9.48 Å². The Morgan fingerprint density at radius 2 is 2.16 bits per heavy atom. The van der Waals surface area contributed by atoms with E-state index in [1.165, 1.54) is 0 Å². The highest BCUT2D eigenvalue weighted by Gasteiger charge is 2.13. The molecule has 3 heterocycles. The van der Waals surface area contributed by atoms with Crippen LogP contribution >= 0.6 is 0 Å². The normalized spacial score (nSPS) is 11.0. The summed E-state index contributed by atoms with van der Waals surface area (Å²) in [6.07, 6.45) is 5.29. The SMILES string of the molecule is O=C(NCCn1cccn1)c1cc(Cn2cnc3ccccc32)on1. The standard InChI is InChI=1S/C17H16N6O2/c24-17(18-7-9-23-8-3-6-20-23)15-10-13(25-21-15)11-22-12-19-14-4-1-2-5-16(14)22/h1-6,8,10,12H,7,9,11H2,(H,18,24). The molecule has 0 atom stereocenters. The molecule has 0 saturated heterocycles. The molecular weight excluding hydrogens is 320 g/mol. The van der Waals surface area contributed by atoms with Gasteiger partial charge in [0.05, 0.1) is 30.5 Å². The number of rotatable bonds is 6. The highest BCUT2D eigenvalue weighted by atomic mass is 16.5. The number of hydrogen-bond acceptors (Lipinski definition) is 5. The molecule has 8 nitrogen and oxygen atoms in total. The van der Waals surface area contributed by atoms with Crippen molar-refractivity contribution in [3.63, 3.8) is 0 Å². The molecule has 0 fully saturated rings. The molecule has 1 aromatic carbocycles. The highest BCUT2D eigenvalue weighted by molar-refractivity contribution is 5.92. The van der Waals surface area contributed by atoms with Gasteiger partial charge in [0.15, 0.2) is 11.5 Å². The summed E-state index contributed by atoms with van der Waals surface area (Å²) >= 11 is 0. The fourth-order valence-corrected chi connectivity index (χ4v) is 2.61. The summed E-state index contributed by atoms with van der Waals surface area (Å²) in [5.74, 6) is 0.332. The van der Waals surface area contributed by atoms with Gasteiger partial charge in [0.2, 0.25) is 0 Å². The molecule has 3 aromatic heterocycles. The average molecular weight is 336 g/mol. The lowest BCUT2D eigenvalue weighted by Gasteiger charge is -2.02. The minimum Gasteiger partial charge on any atom is -0.359 e. The van der Waals surface area contributed by atoms with Crippen LogP contribution < -0.4 is 5.32 Å². The van der Waals surface area contributed by atoms with Crippen LogP contribution in [0.25, 0.3) is 11.0 Å². The van der Waals surface area contributed by atoms with Gasteiger partial charge in [0, 0.05) is 25.0 Å². The summed E-state index contributed by atoms with van der Waals surface area (Å²) in [5, 5.41) is 10.7. The maximum absolute atomic E-state index is 12.1. The third-order valence-electron chi connectivity index (χ3n) is 3.83. The minimum atomic E-state index is -0.266. The molecule has 0 aliphatic carbocycles. The number of nitrogens with one attached hydrogen (secondary N) is 1. The molecule has 1 N–H and O–H groups in total. The van der Waals surface area contributed by atoms with Gasteiger partial charge in [-0.25, -0.2) is 4.98 Å². The van der Waals surface area contributed by atoms with Crippen LogP contribution in [0.2, 0.25) is 0 Å². The molecule has 4 aromatic rings. The number of aromatic nitrogens is 5. The Morgan fingerprint density at radius 1 is 1.24 bits per heavy atom. The fourth-order valence-electron chi connectivity index (χ4n) is 2.61. The topological polar surface area (TPSA) is 90.8 Å². The molecule has 4 rings (SSSR count). The highest BCUT2D eigenvalue weighted by Crippen LogP contribution is 2.14. The summed E-state index contributed by atoms with van der Waals surface area (Å²) in [6.45, 7) is 1.54. The number of carbonyl (C=O) groups is 1. The maximum Gasteiger partial charge on any atom is 0.273 e. The number of carbonyl (C=O) groups excluding carboxylic acids is 1. The smallest absolute Gasteiger partial charge is 0.273 e. The van der Waals surface area contributed by atoms with Gasteiger partial charge < -0.3 is 14.4 Å². The van der Waals surface area contributed by atoms with Gasteiger partial charge >= 0.3 is 0 Å². The molecule has 0 radical (unpaired) electrons. The van der Waals surface area contributed by atoms with E-state index in [1.54, 1.807) is 23.3 Å². The van der Waals surface area contributed by atoms with Crippen LogP contribution in [-0.2, 0) is 13.1 Å². The van der Waals surface area contributed by atoms with Crippen molar-refractivity contribution in [1.29, 1.82) is 0 Å². The molecule has 0 bridgehead atoms. The third kappa shape index (κ3) is 3.27. The molecule has 0 saturated carbocycles. The van der Waals surface area contributed by atoms with Crippen molar-refractivity contribution in [3.05, 3.63) is 66.6 Å². The maximum atomic E-state index is 12.1. The zero-order chi connectivity index (χ0) is 17.1. The van der Waals surface area contributed by atoms with Crippen LogP contribution in [0.1, 0.15) is 16.2 Å². The molecule has 0 aliphatic rings. The molecule has 0 unspecified atom stereocenters. The monoisotopic (exact) mass is 336 g/mol. The first-order chi connectivity index (χ1) is 12.3. The van der Waals surface area contributed by atoms with Crippen LogP contribution in [-0.4, -0.2) is 36.9 Å². The predicted octanol–water partition coefficient (Wildman–Crippen LogP) is 1.70. The molecule has 0 spiro atoms. The Kier molecular flexibility index (Phi) is 3.99. The molecule has 8 heteroatoms. The predicted molar refractivity (Wildman–Crippen MR) is 89.9 cm³/mol. The van der Waals surface area contributed by atoms with E-state index in [4.69, 9.17) is 4.52 Å². The number of fused-ring (bicyclic) bond motifs is 1. The average Bonchev–Trinajstić information content (AvgIpc) is 3.37. The largest absolute Gasteiger partial charge is 0.359 e. The molecule has 126 valence electrons.